The van der Waals surface area contributed by atoms with E-state index in [2.05, 4.69) is 10.3 Å². The zero-order valence-corrected chi connectivity index (χ0v) is 22.2. The number of halogens is 3. The lowest BCUT2D eigenvalue weighted by atomic mass is 9.95. The van der Waals surface area contributed by atoms with Crippen LogP contribution in [-0.2, 0) is 26.5 Å². The Morgan fingerprint density at radius 2 is 1.69 bits per heavy atom. The lowest BCUT2D eigenvalue weighted by molar-refractivity contribution is -0.115. The van der Waals surface area contributed by atoms with Gasteiger partial charge in [0.25, 0.3) is 0 Å². The van der Waals surface area contributed by atoms with Crippen molar-refractivity contribution in [3.8, 4) is 0 Å². The number of carbonyl (C=O) groups is 1. The summed E-state index contributed by atoms with van der Waals surface area (Å²) in [5.74, 6) is 0.277. The van der Waals surface area contributed by atoms with Gasteiger partial charge in [-0.15, -0.1) is 0 Å². The van der Waals surface area contributed by atoms with E-state index in [1.54, 1.807) is 49.4 Å². The molecule has 0 unspecified atom stereocenters. The molecule has 1 amide bonds. The van der Waals surface area contributed by atoms with Crippen molar-refractivity contribution in [3.05, 3.63) is 86.7 Å². The maximum Gasteiger partial charge on any atom is 0.228 e. The number of hydrogen-bond acceptors (Lipinski definition) is 5. The van der Waals surface area contributed by atoms with Gasteiger partial charge in [0.2, 0.25) is 11.8 Å². The lowest BCUT2D eigenvalue weighted by Gasteiger charge is -2.17. The Bertz CT molecular complexity index is 1570. The number of rotatable bonds is 7. The maximum absolute atomic E-state index is 12.6. The fourth-order valence-corrected chi connectivity index (χ4v) is 6.17. The van der Waals surface area contributed by atoms with Crippen LogP contribution in [0, 0.1) is 0 Å². The maximum atomic E-state index is 12.6. The second-order valence-electron chi connectivity index (χ2n) is 8.80. The molecule has 1 N–H and O–H groups in total. The van der Waals surface area contributed by atoms with E-state index in [1.165, 1.54) is 12.1 Å². The van der Waals surface area contributed by atoms with Gasteiger partial charge in [-0.25, -0.2) is 13.4 Å². The van der Waals surface area contributed by atoms with Gasteiger partial charge in [0.05, 0.1) is 22.5 Å². The van der Waals surface area contributed by atoms with E-state index < -0.39 is 15.3 Å². The monoisotopic (exact) mass is 562 g/mol. The minimum atomic E-state index is -3.29. The molecule has 1 saturated carbocycles. The van der Waals surface area contributed by atoms with Crippen molar-refractivity contribution < 1.29 is 17.6 Å². The van der Waals surface area contributed by atoms with Crippen molar-refractivity contribution in [2.24, 2.45) is 0 Å². The van der Waals surface area contributed by atoms with Crippen LogP contribution in [0.15, 0.2) is 63.9 Å². The highest BCUT2D eigenvalue weighted by molar-refractivity contribution is 7.91. The molecule has 0 saturated heterocycles. The number of nitrogens with one attached hydrogen (secondary N) is 1. The molecule has 1 fully saturated rings. The molecule has 6 nitrogen and oxygen atoms in total. The zero-order chi connectivity index (χ0) is 25.7. The average molecular weight is 564 g/mol. The smallest absolute Gasteiger partial charge is 0.228 e. The number of hydrogen-bond donors (Lipinski definition) is 1. The summed E-state index contributed by atoms with van der Waals surface area (Å²) in [5.41, 5.74) is 2.64. The van der Waals surface area contributed by atoms with E-state index in [4.69, 9.17) is 39.2 Å². The van der Waals surface area contributed by atoms with Crippen LogP contribution >= 0.6 is 34.8 Å². The van der Waals surface area contributed by atoms with Gasteiger partial charge in [-0.1, -0.05) is 53.9 Å². The predicted molar refractivity (Wildman–Crippen MR) is 142 cm³/mol. The molecular weight excluding hydrogens is 543 g/mol. The number of carbonyl (C=O) groups excluding carboxylic acids is 1. The molecule has 5 rings (SSSR count). The fraction of sp³-hybridized carbons (Fsp3) is 0.231. The van der Waals surface area contributed by atoms with Crippen molar-refractivity contribution in [1.29, 1.82) is 0 Å². The highest BCUT2D eigenvalue weighted by atomic mass is 35.5. The third-order valence-corrected chi connectivity index (χ3v) is 8.92. The van der Waals surface area contributed by atoms with Gasteiger partial charge in [0.1, 0.15) is 5.52 Å². The van der Waals surface area contributed by atoms with Gasteiger partial charge >= 0.3 is 0 Å². The topological polar surface area (TPSA) is 89.3 Å². The quantitative estimate of drug-likeness (QED) is 0.266. The van der Waals surface area contributed by atoms with Gasteiger partial charge < -0.3 is 9.73 Å². The highest BCUT2D eigenvalue weighted by Crippen LogP contribution is 2.57. The third kappa shape index (κ3) is 4.73. The van der Waals surface area contributed by atoms with Crippen molar-refractivity contribution in [1.82, 2.24) is 4.98 Å². The van der Waals surface area contributed by atoms with Gasteiger partial charge in [-0.3, -0.25) is 4.79 Å². The van der Waals surface area contributed by atoms with Crippen LogP contribution in [0.3, 0.4) is 0 Å². The average Bonchev–Trinajstić information content (AvgIpc) is 3.50. The molecule has 0 bridgehead atoms. The fourth-order valence-electron chi connectivity index (χ4n) is 4.27. The summed E-state index contributed by atoms with van der Waals surface area (Å²) in [4.78, 5) is 17.5. The number of oxazole rings is 1. The minimum absolute atomic E-state index is 0.0202. The molecule has 1 aromatic heterocycles. The van der Waals surface area contributed by atoms with E-state index in [0.29, 0.717) is 48.9 Å². The Labute approximate surface area is 223 Å². The lowest BCUT2D eigenvalue weighted by Crippen LogP contribution is -2.16. The first-order valence-corrected chi connectivity index (χ1v) is 14.1. The van der Waals surface area contributed by atoms with Crippen molar-refractivity contribution in [3.63, 3.8) is 0 Å². The van der Waals surface area contributed by atoms with Gasteiger partial charge in [-0.2, -0.15) is 0 Å². The SMILES string of the molecule is CCS(=O)(=O)c1ccc(CC(=O)Nc2cc(Cl)c(C3(c4nc5ccc(Cl)cc5o4)CC3)c(Cl)c2)cc1. The summed E-state index contributed by atoms with van der Waals surface area (Å²) in [7, 11) is -3.29. The minimum Gasteiger partial charge on any atom is -0.440 e. The Balaban J connectivity index is 1.34. The Morgan fingerprint density at radius 1 is 1.03 bits per heavy atom. The second kappa shape index (κ2) is 9.38. The summed E-state index contributed by atoms with van der Waals surface area (Å²) in [6.45, 7) is 1.59. The normalized spacial score (nSPS) is 14.7. The number of sulfone groups is 1. The molecule has 10 heteroatoms. The summed E-state index contributed by atoms with van der Waals surface area (Å²) in [5, 5.41) is 4.19. The zero-order valence-electron chi connectivity index (χ0n) is 19.1. The Hall–Kier alpha value is -2.58. The second-order valence-corrected chi connectivity index (χ2v) is 12.3. The van der Waals surface area contributed by atoms with Crippen LogP contribution in [0.25, 0.3) is 11.1 Å². The van der Waals surface area contributed by atoms with Crippen LogP contribution in [-0.4, -0.2) is 25.1 Å². The molecule has 0 atom stereocenters. The van der Waals surface area contributed by atoms with Crippen LogP contribution in [0.2, 0.25) is 15.1 Å². The van der Waals surface area contributed by atoms with E-state index >= 15 is 0 Å². The molecule has 4 aromatic rings. The highest BCUT2D eigenvalue weighted by Gasteiger charge is 2.52. The number of anilines is 1. The number of nitrogens with zero attached hydrogens (tertiary/aromatic N) is 1. The van der Waals surface area contributed by atoms with Crippen LogP contribution in [0.4, 0.5) is 5.69 Å². The van der Waals surface area contributed by atoms with Crippen LogP contribution in [0.1, 0.15) is 36.8 Å². The molecule has 1 aliphatic rings. The van der Waals surface area contributed by atoms with Crippen LogP contribution < -0.4 is 5.32 Å². The van der Waals surface area contributed by atoms with E-state index in [9.17, 15) is 13.2 Å². The van der Waals surface area contributed by atoms with Crippen molar-refractivity contribution in [2.75, 3.05) is 11.1 Å². The van der Waals surface area contributed by atoms with Gasteiger partial charge in [0.15, 0.2) is 15.4 Å². The molecule has 0 aliphatic heterocycles. The van der Waals surface area contributed by atoms with Crippen molar-refractivity contribution >= 4 is 67.3 Å². The molecule has 1 heterocycles. The predicted octanol–water partition coefficient (Wildman–Crippen LogP) is 6.84. The molecule has 0 radical (unpaired) electrons. The molecule has 186 valence electrons. The Morgan fingerprint density at radius 3 is 2.31 bits per heavy atom. The van der Waals surface area contributed by atoms with Crippen LogP contribution in [0.5, 0.6) is 0 Å². The molecule has 0 spiro atoms. The molecular formula is C26H21Cl3N2O4S. The number of aromatic nitrogens is 1. The first-order valence-electron chi connectivity index (χ1n) is 11.3. The van der Waals surface area contributed by atoms with E-state index in [-0.39, 0.29) is 23.0 Å². The summed E-state index contributed by atoms with van der Waals surface area (Å²) < 4.78 is 30.0. The standard InChI is InChI=1S/C26H21Cl3N2O4S/c1-2-36(33,34)18-6-3-15(4-7-18)11-23(32)30-17-13-19(28)24(20(29)14-17)26(9-10-26)25-31-21-8-5-16(27)12-22(21)35-25/h3-8,12-14H,2,9-11H2,1H3,(H,30,32). The number of fused-ring (bicyclic) bond motifs is 1. The molecule has 3 aromatic carbocycles. The first kappa shape index (κ1) is 25.1. The van der Waals surface area contributed by atoms with Gasteiger partial charge in [-0.05, 0) is 54.8 Å². The Kier molecular flexibility index (Phi) is 6.53. The summed E-state index contributed by atoms with van der Waals surface area (Å²) >= 11 is 19.4. The summed E-state index contributed by atoms with van der Waals surface area (Å²) in [6, 6.07) is 14.9. The largest absolute Gasteiger partial charge is 0.440 e. The van der Waals surface area contributed by atoms with Gasteiger partial charge in [0, 0.05) is 32.4 Å². The van der Waals surface area contributed by atoms with E-state index in [1.807, 2.05) is 0 Å². The first-order chi connectivity index (χ1) is 17.1. The molecule has 36 heavy (non-hydrogen) atoms. The number of amides is 1. The van der Waals surface area contributed by atoms with E-state index in [0.717, 1.165) is 12.8 Å². The van der Waals surface area contributed by atoms with Crippen molar-refractivity contribution in [2.45, 2.75) is 36.5 Å². The number of benzene rings is 3. The summed E-state index contributed by atoms with van der Waals surface area (Å²) in [6.07, 6.45) is 1.63. The third-order valence-electron chi connectivity index (χ3n) is 6.34. The molecule has 1 aliphatic carbocycles.